The number of carbonyl (C=O) groups is 3. The van der Waals surface area contributed by atoms with Crippen molar-refractivity contribution in [2.75, 3.05) is 6.54 Å². The van der Waals surface area contributed by atoms with Gasteiger partial charge in [-0.3, -0.25) is 28.9 Å². The van der Waals surface area contributed by atoms with Crippen molar-refractivity contribution in [3.05, 3.63) is 92.0 Å². The van der Waals surface area contributed by atoms with E-state index in [0.717, 1.165) is 45.7 Å². The minimum absolute atomic E-state index is 0.0536. The monoisotopic (exact) mass is 575 g/mol. The van der Waals surface area contributed by atoms with E-state index in [0.29, 0.717) is 22.4 Å². The maximum Gasteiger partial charge on any atom is 0.261 e. The molecule has 4 aromatic rings. The fourth-order valence-electron chi connectivity index (χ4n) is 4.93. The predicted octanol–water partition coefficient (Wildman–Crippen LogP) is 4.35. The van der Waals surface area contributed by atoms with Gasteiger partial charge < -0.3 is 5.32 Å². The van der Waals surface area contributed by atoms with Crippen molar-refractivity contribution < 1.29 is 14.4 Å². The van der Waals surface area contributed by atoms with Gasteiger partial charge in [0.1, 0.15) is 0 Å². The summed E-state index contributed by atoms with van der Waals surface area (Å²) in [6.07, 6.45) is 5.66. The lowest BCUT2D eigenvalue weighted by molar-refractivity contribution is 0.0628. The van der Waals surface area contributed by atoms with Gasteiger partial charge in [0, 0.05) is 41.8 Å². The van der Waals surface area contributed by atoms with Crippen molar-refractivity contribution in [1.29, 1.82) is 0 Å². The Kier molecular flexibility index (Phi) is 6.21. The topological polar surface area (TPSA) is 97.2 Å². The third-order valence-electron chi connectivity index (χ3n) is 6.65. The smallest absolute Gasteiger partial charge is 0.261 e. The second-order valence-corrected chi connectivity index (χ2v) is 11.1. The molecule has 1 atom stereocenters. The minimum atomic E-state index is -0.510. The van der Waals surface area contributed by atoms with E-state index >= 15 is 0 Å². The van der Waals surface area contributed by atoms with E-state index < -0.39 is 6.04 Å². The van der Waals surface area contributed by atoms with Crippen LogP contribution in [0.5, 0.6) is 0 Å². The molecule has 8 nitrogen and oxygen atoms in total. The van der Waals surface area contributed by atoms with Crippen LogP contribution in [-0.2, 0) is 19.4 Å². The molecular formula is C27H22BrN5O3S. The summed E-state index contributed by atoms with van der Waals surface area (Å²) < 4.78 is 2.87. The van der Waals surface area contributed by atoms with Gasteiger partial charge in [-0.25, -0.2) is 0 Å². The molecule has 186 valence electrons. The number of carbonyl (C=O) groups excluding carboxylic acids is 3. The fourth-order valence-corrected chi connectivity index (χ4v) is 6.55. The van der Waals surface area contributed by atoms with E-state index in [1.54, 1.807) is 36.7 Å². The van der Waals surface area contributed by atoms with Crippen molar-refractivity contribution in [2.24, 2.45) is 0 Å². The molecule has 1 N–H and O–H groups in total. The molecule has 0 unspecified atom stereocenters. The molecule has 0 radical (unpaired) electrons. The number of pyridine rings is 1. The van der Waals surface area contributed by atoms with Crippen LogP contribution in [0.3, 0.4) is 0 Å². The number of nitrogens with one attached hydrogen (secondary N) is 1. The summed E-state index contributed by atoms with van der Waals surface area (Å²) in [4.78, 5) is 46.8. The number of hydrogen-bond acceptors (Lipinski definition) is 6. The standard InChI is InChI=1S/C27H22BrN5O3S/c28-21-14-30-33-11-5-9-22-20(24(21)33)13-23(37-22)25(34)31-17(12-16-6-3-4-10-29-16)15-32-26(35)18-7-1-2-8-19(18)27(32)36/h1-4,6-8,10,13-14,17H,5,9,11-12,15H2,(H,31,34)/t17-/m0/s1. The molecule has 0 saturated carbocycles. The molecule has 0 fully saturated rings. The van der Waals surface area contributed by atoms with Crippen LogP contribution in [-0.4, -0.2) is 50.0 Å². The number of rotatable bonds is 6. The van der Waals surface area contributed by atoms with Crippen LogP contribution in [0.15, 0.2) is 65.4 Å². The van der Waals surface area contributed by atoms with Crippen LogP contribution >= 0.6 is 27.3 Å². The molecule has 0 bridgehead atoms. The number of aryl methyl sites for hydroxylation is 2. The summed E-state index contributed by atoms with van der Waals surface area (Å²) in [6.45, 7) is 0.883. The second-order valence-electron chi connectivity index (χ2n) is 9.08. The normalized spacial score (nSPS) is 15.1. The van der Waals surface area contributed by atoms with Crippen LogP contribution in [0.2, 0.25) is 0 Å². The highest BCUT2D eigenvalue weighted by Gasteiger charge is 2.37. The summed E-state index contributed by atoms with van der Waals surface area (Å²) in [5.41, 5.74) is 3.54. The van der Waals surface area contributed by atoms with Crippen LogP contribution in [0.4, 0.5) is 0 Å². The summed E-state index contributed by atoms with van der Waals surface area (Å²) in [5, 5.41) is 7.54. The maximum atomic E-state index is 13.5. The van der Waals surface area contributed by atoms with Crippen LogP contribution in [0.1, 0.15) is 47.4 Å². The van der Waals surface area contributed by atoms with Gasteiger partial charge in [-0.15, -0.1) is 11.3 Å². The van der Waals surface area contributed by atoms with Gasteiger partial charge in [-0.05, 0) is 59.1 Å². The molecule has 2 aliphatic rings. The zero-order valence-corrected chi connectivity index (χ0v) is 22.1. The van der Waals surface area contributed by atoms with E-state index in [9.17, 15) is 14.4 Å². The first-order valence-corrected chi connectivity index (χ1v) is 13.6. The Morgan fingerprint density at radius 1 is 1.08 bits per heavy atom. The largest absolute Gasteiger partial charge is 0.346 e. The highest BCUT2D eigenvalue weighted by molar-refractivity contribution is 9.10. The number of imide groups is 1. The Balaban J connectivity index is 1.27. The van der Waals surface area contributed by atoms with E-state index in [-0.39, 0.29) is 24.3 Å². The molecule has 1 aromatic carbocycles. The SMILES string of the molecule is O=C(N[C@@H](Cc1ccccn1)CN1C(=O)c2ccccc2C1=O)c1cc2c(s1)CCCn1ncc(Br)c1-2. The molecule has 0 spiro atoms. The first kappa shape index (κ1) is 23.7. The van der Waals surface area contributed by atoms with Crippen LogP contribution in [0, 0.1) is 0 Å². The van der Waals surface area contributed by atoms with Gasteiger partial charge >= 0.3 is 0 Å². The zero-order chi connectivity index (χ0) is 25.5. The lowest BCUT2D eigenvalue weighted by Crippen LogP contribution is -2.46. The maximum absolute atomic E-state index is 13.5. The fraction of sp³-hybridized carbons (Fsp3) is 0.222. The number of fused-ring (bicyclic) bond motifs is 4. The lowest BCUT2D eigenvalue weighted by Gasteiger charge is -2.23. The molecule has 5 heterocycles. The van der Waals surface area contributed by atoms with E-state index in [2.05, 4.69) is 31.3 Å². The molecular weight excluding hydrogens is 554 g/mol. The number of nitrogens with zero attached hydrogens (tertiary/aromatic N) is 4. The van der Waals surface area contributed by atoms with Crippen molar-refractivity contribution in [1.82, 2.24) is 25.0 Å². The second kappa shape index (κ2) is 9.68. The number of aromatic nitrogens is 3. The Bertz CT molecular complexity index is 1500. The molecule has 3 amide bonds. The third-order valence-corrected chi connectivity index (χ3v) is 8.43. The molecule has 10 heteroatoms. The average Bonchev–Trinajstić information content (AvgIpc) is 3.52. The van der Waals surface area contributed by atoms with Crippen molar-refractivity contribution in [3.8, 4) is 11.3 Å². The highest BCUT2D eigenvalue weighted by atomic mass is 79.9. The Morgan fingerprint density at radius 3 is 2.57 bits per heavy atom. The first-order chi connectivity index (χ1) is 18.0. The first-order valence-electron chi connectivity index (χ1n) is 12.0. The van der Waals surface area contributed by atoms with Gasteiger partial charge in [-0.2, -0.15) is 5.10 Å². The summed E-state index contributed by atoms with van der Waals surface area (Å²) in [5.74, 6) is -0.929. The molecule has 0 saturated heterocycles. The summed E-state index contributed by atoms with van der Waals surface area (Å²) >= 11 is 5.07. The quantitative estimate of drug-likeness (QED) is 0.345. The number of benzene rings is 1. The van der Waals surface area contributed by atoms with Crippen LogP contribution < -0.4 is 5.32 Å². The predicted molar refractivity (Wildman–Crippen MR) is 143 cm³/mol. The van der Waals surface area contributed by atoms with Crippen LogP contribution in [0.25, 0.3) is 11.3 Å². The van der Waals surface area contributed by atoms with Gasteiger partial charge in [0.25, 0.3) is 17.7 Å². The van der Waals surface area contributed by atoms with Gasteiger partial charge in [0.15, 0.2) is 0 Å². The lowest BCUT2D eigenvalue weighted by atomic mass is 10.1. The molecule has 2 aliphatic heterocycles. The van der Waals surface area contributed by atoms with Gasteiger partial charge in [-0.1, -0.05) is 18.2 Å². The van der Waals surface area contributed by atoms with Crippen molar-refractivity contribution in [2.45, 2.75) is 31.8 Å². The van der Waals surface area contributed by atoms with Gasteiger partial charge in [0.2, 0.25) is 0 Å². The Labute approximate surface area is 225 Å². The third kappa shape index (κ3) is 4.40. The van der Waals surface area contributed by atoms with E-state index in [4.69, 9.17) is 0 Å². The minimum Gasteiger partial charge on any atom is -0.346 e. The number of hydrogen-bond donors (Lipinski definition) is 1. The van der Waals surface area contributed by atoms with Crippen molar-refractivity contribution >= 4 is 45.0 Å². The number of halogens is 1. The molecule has 37 heavy (non-hydrogen) atoms. The zero-order valence-electron chi connectivity index (χ0n) is 19.7. The Hall–Kier alpha value is -3.63. The Morgan fingerprint density at radius 2 is 1.84 bits per heavy atom. The number of amides is 3. The molecule has 6 rings (SSSR count). The summed E-state index contributed by atoms with van der Waals surface area (Å²) in [6, 6.07) is 13.8. The molecule has 3 aromatic heterocycles. The van der Waals surface area contributed by atoms with E-state index in [1.165, 1.54) is 16.2 Å². The molecule has 0 aliphatic carbocycles. The number of thiophene rings is 1. The van der Waals surface area contributed by atoms with E-state index in [1.807, 2.05) is 28.9 Å². The van der Waals surface area contributed by atoms with Crippen molar-refractivity contribution in [3.63, 3.8) is 0 Å². The highest BCUT2D eigenvalue weighted by Crippen LogP contribution is 2.38. The summed E-state index contributed by atoms with van der Waals surface area (Å²) in [7, 11) is 0. The van der Waals surface area contributed by atoms with Gasteiger partial charge in [0.05, 0.1) is 38.4 Å². The average molecular weight is 576 g/mol.